The van der Waals surface area contributed by atoms with Crippen LogP contribution in [0.5, 0.6) is 0 Å². The maximum atomic E-state index is 12.1. The molecule has 0 fully saturated rings. The van der Waals surface area contributed by atoms with Crippen LogP contribution in [0.25, 0.3) is 10.9 Å². The van der Waals surface area contributed by atoms with Crippen LogP contribution in [-0.4, -0.2) is 15.9 Å². The van der Waals surface area contributed by atoms with Crippen molar-refractivity contribution in [2.45, 2.75) is 13.0 Å². The molecule has 0 aliphatic rings. The number of fused-ring (bicyclic) bond motifs is 1. The second-order valence-electron chi connectivity index (χ2n) is 5.10. The number of amides is 1. The predicted molar refractivity (Wildman–Crippen MR) is 94.2 cm³/mol. The Hall–Kier alpha value is -1.98. The molecule has 0 saturated heterocycles. The topological polar surface area (TPSA) is 54.9 Å². The van der Waals surface area contributed by atoms with Crippen molar-refractivity contribution in [1.82, 2.24) is 15.3 Å². The lowest BCUT2D eigenvalue weighted by Crippen LogP contribution is -2.24. The molecule has 0 unspecified atom stereocenters. The van der Waals surface area contributed by atoms with E-state index in [-0.39, 0.29) is 5.91 Å². The van der Waals surface area contributed by atoms with Gasteiger partial charge in [0.2, 0.25) is 5.91 Å². The van der Waals surface area contributed by atoms with Gasteiger partial charge in [0.25, 0.3) is 0 Å². The summed E-state index contributed by atoms with van der Waals surface area (Å²) in [5, 5.41) is 4.38. The van der Waals surface area contributed by atoms with Crippen molar-refractivity contribution in [2.24, 2.45) is 0 Å². The summed E-state index contributed by atoms with van der Waals surface area (Å²) < 4.78 is 0.913. The molecule has 3 aromatic rings. The standard InChI is InChI=1S/C17H13BrClN3O/c18-13-2-3-15(20-8-13)10-22-17(23)6-11-1-4-16-12(5-11)7-14(19)9-21-16/h1-5,7-9H,6,10H2,(H,22,23). The number of aromatic nitrogens is 2. The highest BCUT2D eigenvalue weighted by Gasteiger charge is 2.06. The number of hydrogen-bond donors (Lipinski definition) is 1. The van der Waals surface area contributed by atoms with Crippen LogP contribution in [0, 0.1) is 0 Å². The van der Waals surface area contributed by atoms with Gasteiger partial charge in [-0.3, -0.25) is 14.8 Å². The Bertz CT molecular complexity index is 852. The summed E-state index contributed by atoms with van der Waals surface area (Å²) in [6.07, 6.45) is 3.63. The summed E-state index contributed by atoms with van der Waals surface area (Å²) in [6, 6.07) is 11.3. The van der Waals surface area contributed by atoms with E-state index in [9.17, 15) is 4.79 Å². The van der Waals surface area contributed by atoms with Gasteiger partial charge in [-0.1, -0.05) is 17.7 Å². The van der Waals surface area contributed by atoms with Crippen LogP contribution in [0.2, 0.25) is 5.02 Å². The van der Waals surface area contributed by atoms with Gasteiger partial charge in [-0.05, 0) is 51.8 Å². The zero-order valence-electron chi connectivity index (χ0n) is 12.1. The van der Waals surface area contributed by atoms with E-state index in [1.165, 1.54) is 0 Å². The van der Waals surface area contributed by atoms with E-state index in [4.69, 9.17) is 11.6 Å². The Labute approximate surface area is 147 Å². The molecule has 4 nitrogen and oxygen atoms in total. The summed E-state index contributed by atoms with van der Waals surface area (Å²) >= 11 is 9.28. The lowest BCUT2D eigenvalue weighted by atomic mass is 10.1. The van der Waals surface area contributed by atoms with Crippen LogP contribution >= 0.6 is 27.5 Å². The van der Waals surface area contributed by atoms with Gasteiger partial charge in [-0.2, -0.15) is 0 Å². The second-order valence-corrected chi connectivity index (χ2v) is 6.45. The third kappa shape index (κ3) is 4.27. The van der Waals surface area contributed by atoms with Crippen molar-refractivity contribution < 1.29 is 4.79 Å². The van der Waals surface area contributed by atoms with Gasteiger partial charge in [-0.25, -0.2) is 0 Å². The van der Waals surface area contributed by atoms with E-state index >= 15 is 0 Å². The number of carbonyl (C=O) groups excluding carboxylic acids is 1. The fourth-order valence-electron chi connectivity index (χ4n) is 2.21. The lowest BCUT2D eigenvalue weighted by molar-refractivity contribution is -0.120. The lowest BCUT2D eigenvalue weighted by Gasteiger charge is -2.06. The molecule has 0 bridgehead atoms. The Morgan fingerprint density at radius 1 is 1.13 bits per heavy atom. The van der Waals surface area contributed by atoms with E-state index < -0.39 is 0 Å². The summed E-state index contributed by atoms with van der Waals surface area (Å²) in [7, 11) is 0. The van der Waals surface area contributed by atoms with Crippen molar-refractivity contribution in [2.75, 3.05) is 0 Å². The second kappa shape index (κ2) is 7.06. The SMILES string of the molecule is O=C(Cc1ccc2ncc(Cl)cc2c1)NCc1ccc(Br)cn1. The van der Waals surface area contributed by atoms with E-state index in [2.05, 4.69) is 31.2 Å². The fourth-order valence-corrected chi connectivity index (χ4v) is 2.61. The smallest absolute Gasteiger partial charge is 0.224 e. The third-order valence-electron chi connectivity index (χ3n) is 3.33. The highest BCUT2D eigenvalue weighted by Crippen LogP contribution is 2.18. The number of rotatable bonds is 4. The first-order valence-corrected chi connectivity index (χ1v) is 8.18. The average molecular weight is 391 g/mol. The quantitative estimate of drug-likeness (QED) is 0.735. The molecular weight excluding hydrogens is 378 g/mol. The molecule has 1 amide bonds. The molecule has 0 aliphatic carbocycles. The van der Waals surface area contributed by atoms with Crippen molar-refractivity contribution in [3.8, 4) is 0 Å². The first-order valence-electron chi connectivity index (χ1n) is 7.01. The highest BCUT2D eigenvalue weighted by molar-refractivity contribution is 9.10. The number of pyridine rings is 2. The van der Waals surface area contributed by atoms with Crippen LogP contribution in [0.4, 0.5) is 0 Å². The zero-order chi connectivity index (χ0) is 16.2. The van der Waals surface area contributed by atoms with E-state index in [1.807, 2.05) is 36.4 Å². The number of halogens is 2. The van der Waals surface area contributed by atoms with Gasteiger partial charge in [0, 0.05) is 22.3 Å². The molecule has 1 N–H and O–H groups in total. The van der Waals surface area contributed by atoms with Gasteiger partial charge in [0.15, 0.2) is 0 Å². The summed E-state index contributed by atoms with van der Waals surface area (Å²) in [5.74, 6) is -0.0518. The van der Waals surface area contributed by atoms with E-state index in [0.29, 0.717) is 18.0 Å². The first-order chi connectivity index (χ1) is 11.1. The van der Waals surface area contributed by atoms with Crippen LogP contribution in [0.1, 0.15) is 11.3 Å². The number of hydrogen-bond acceptors (Lipinski definition) is 3. The van der Waals surface area contributed by atoms with E-state index in [0.717, 1.165) is 26.6 Å². The van der Waals surface area contributed by atoms with Crippen LogP contribution < -0.4 is 5.32 Å². The van der Waals surface area contributed by atoms with Crippen LogP contribution in [-0.2, 0) is 17.8 Å². The molecule has 23 heavy (non-hydrogen) atoms. The van der Waals surface area contributed by atoms with Crippen molar-refractivity contribution in [3.05, 3.63) is 69.5 Å². The van der Waals surface area contributed by atoms with Crippen molar-refractivity contribution in [3.63, 3.8) is 0 Å². The fraction of sp³-hybridized carbons (Fsp3) is 0.118. The monoisotopic (exact) mass is 389 g/mol. The summed E-state index contributed by atoms with van der Waals surface area (Å²) in [6.45, 7) is 0.410. The highest BCUT2D eigenvalue weighted by atomic mass is 79.9. The van der Waals surface area contributed by atoms with Crippen LogP contribution in [0.15, 0.2) is 53.3 Å². The molecular formula is C17H13BrClN3O. The Morgan fingerprint density at radius 2 is 2.00 bits per heavy atom. The third-order valence-corrected chi connectivity index (χ3v) is 4.01. The average Bonchev–Trinajstić information content (AvgIpc) is 2.54. The molecule has 6 heteroatoms. The van der Waals surface area contributed by atoms with Gasteiger partial charge in [0.05, 0.1) is 29.2 Å². The normalized spacial score (nSPS) is 10.7. The summed E-state index contributed by atoms with van der Waals surface area (Å²) in [4.78, 5) is 20.5. The van der Waals surface area contributed by atoms with Crippen molar-refractivity contribution >= 4 is 44.3 Å². The molecule has 3 rings (SSSR count). The van der Waals surface area contributed by atoms with Gasteiger partial charge in [0.1, 0.15) is 0 Å². The molecule has 2 heterocycles. The van der Waals surface area contributed by atoms with Gasteiger partial charge in [-0.15, -0.1) is 0 Å². The number of nitrogens with one attached hydrogen (secondary N) is 1. The predicted octanol–water partition coefficient (Wildman–Crippen LogP) is 3.90. The van der Waals surface area contributed by atoms with Gasteiger partial charge >= 0.3 is 0 Å². The molecule has 2 aromatic heterocycles. The maximum Gasteiger partial charge on any atom is 0.224 e. The molecule has 0 saturated carbocycles. The summed E-state index contributed by atoms with van der Waals surface area (Å²) in [5.41, 5.74) is 2.59. The molecule has 0 aliphatic heterocycles. The number of nitrogens with zero attached hydrogens (tertiary/aromatic N) is 2. The molecule has 0 radical (unpaired) electrons. The largest absolute Gasteiger partial charge is 0.350 e. The minimum atomic E-state index is -0.0518. The molecule has 116 valence electrons. The van der Waals surface area contributed by atoms with Crippen LogP contribution in [0.3, 0.4) is 0 Å². The number of carbonyl (C=O) groups is 1. The minimum Gasteiger partial charge on any atom is -0.350 e. The first kappa shape index (κ1) is 15.9. The molecule has 1 aromatic carbocycles. The minimum absolute atomic E-state index is 0.0518. The Balaban J connectivity index is 1.64. The molecule has 0 spiro atoms. The Kier molecular flexibility index (Phi) is 4.88. The number of benzene rings is 1. The maximum absolute atomic E-state index is 12.1. The Morgan fingerprint density at radius 3 is 2.78 bits per heavy atom. The molecule has 0 atom stereocenters. The van der Waals surface area contributed by atoms with Crippen molar-refractivity contribution in [1.29, 1.82) is 0 Å². The zero-order valence-corrected chi connectivity index (χ0v) is 14.4. The van der Waals surface area contributed by atoms with Gasteiger partial charge < -0.3 is 5.32 Å². The van der Waals surface area contributed by atoms with E-state index in [1.54, 1.807) is 12.4 Å².